The molecule has 1 heterocycles. The maximum atomic E-state index is 12.1. The molecule has 0 saturated carbocycles. The lowest BCUT2D eigenvalue weighted by atomic mass is 10.1. The third kappa shape index (κ3) is 4.61. The summed E-state index contributed by atoms with van der Waals surface area (Å²) in [4.78, 5) is 26.4. The first-order chi connectivity index (χ1) is 12.6. The van der Waals surface area contributed by atoms with Gasteiger partial charge in [-0.3, -0.25) is 14.9 Å². The van der Waals surface area contributed by atoms with Crippen LogP contribution in [-0.4, -0.2) is 15.7 Å². The molecule has 0 bridgehead atoms. The first kappa shape index (κ1) is 17.5. The molecule has 2 aromatic carbocycles. The Balaban J connectivity index is 1.59. The summed E-state index contributed by atoms with van der Waals surface area (Å²) in [6, 6.07) is 12.8. The zero-order chi connectivity index (χ0) is 18.4. The number of rotatable bonds is 7. The molecule has 0 spiro atoms. The number of nitrogens with zero attached hydrogens (tertiary/aromatic N) is 2. The van der Waals surface area contributed by atoms with Crippen LogP contribution in [0.15, 0.2) is 65.5 Å². The van der Waals surface area contributed by atoms with Crippen molar-refractivity contribution in [3.8, 4) is 5.75 Å². The minimum atomic E-state index is -0.498. The zero-order valence-corrected chi connectivity index (χ0v) is 14.4. The van der Waals surface area contributed by atoms with E-state index in [-0.39, 0.29) is 11.5 Å². The van der Waals surface area contributed by atoms with Crippen LogP contribution in [0.1, 0.15) is 21.6 Å². The van der Waals surface area contributed by atoms with Gasteiger partial charge in [0.1, 0.15) is 12.4 Å². The lowest BCUT2D eigenvalue weighted by Crippen LogP contribution is -1.96. The molecule has 0 aliphatic heterocycles. The summed E-state index contributed by atoms with van der Waals surface area (Å²) in [5.41, 5.74) is 3.84. The van der Waals surface area contributed by atoms with E-state index in [9.17, 15) is 14.9 Å². The van der Waals surface area contributed by atoms with Crippen molar-refractivity contribution in [2.24, 2.45) is 0 Å². The summed E-state index contributed by atoms with van der Waals surface area (Å²) in [5.74, 6) is 0.501. The van der Waals surface area contributed by atoms with E-state index >= 15 is 0 Å². The third-order valence-corrected chi connectivity index (χ3v) is 4.18. The standard InChI is InChI=1S/C19H14N2O4S/c22-19(15-4-6-17(7-5-15)21(23)24)10-3-14-1-8-18(9-2-14)25-11-16-12-26-13-20-16/h1-10,12-13H,11H2/b10-3+. The molecule has 1 aromatic heterocycles. The molecule has 130 valence electrons. The van der Waals surface area contributed by atoms with Crippen LogP contribution in [0.25, 0.3) is 6.08 Å². The number of allylic oxidation sites excluding steroid dienone is 1. The molecule has 0 aliphatic rings. The lowest BCUT2D eigenvalue weighted by molar-refractivity contribution is -0.384. The SMILES string of the molecule is O=C(/C=C/c1ccc(OCc2cscn2)cc1)c1ccc([N+](=O)[O-])cc1. The van der Waals surface area contributed by atoms with Gasteiger partial charge in [0.05, 0.1) is 16.1 Å². The van der Waals surface area contributed by atoms with Crippen LogP contribution in [0.5, 0.6) is 5.75 Å². The molecule has 3 aromatic rings. The Hall–Kier alpha value is -3.32. The average Bonchev–Trinajstić information content (AvgIpc) is 3.19. The number of hydrogen-bond donors (Lipinski definition) is 0. The van der Waals surface area contributed by atoms with Gasteiger partial charge < -0.3 is 4.74 Å². The molecule has 3 rings (SSSR count). The Bertz CT molecular complexity index is 917. The van der Waals surface area contributed by atoms with E-state index in [1.807, 2.05) is 29.6 Å². The molecule has 0 radical (unpaired) electrons. The van der Waals surface area contributed by atoms with E-state index in [0.29, 0.717) is 12.2 Å². The molecular weight excluding hydrogens is 352 g/mol. The highest BCUT2D eigenvalue weighted by Gasteiger charge is 2.07. The van der Waals surface area contributed by atoms with Crippen LogP contribution in [0.2, 0.25) is 0 Å². The maximum absolute atomic E-state index is 12.1. The summed E-state index contributed by atoms with van der Waals surface area (Å²) in [6.45, 7) is 0.414. The van der Waals surface area contributed by atoms with Gasteiger partial charge in [-0.05, 0) is 35.9 Å². The Morgan fingerprint density at radius 2 is 1.88 bits per heavy atom. The number of carbonyl (C=O) groups excluding carboxylic acids is 1. The van der Waals surface area contributed by atoms with Crippen molar-refractivity contribution in [1.29, 1.82) is 0 Å². The van der Waals surface area contributed by atoms with E-state index in [1.54, 1.807) is 11.6 Å². The Labute approximate surface area is 153 Å². The molecule has 0 atom stereocenters. The van der Waals surface area contributed by atoms with Crippen LogP contribution in [-0.2, 0) is 6.61 Å². The van der Waals surface area contributed by atoms with Gasteiger partial charge >= 0.3 is 0 Å². The largest absolute Gasteiger partial charge is 0.487 e. The molecule has 0 unspecified atom stereocenters. The first-order valence-corrected chi connectivity index (χ1v) is 8.63. The predicted octanol–water partition coefficient (Wildman–Crippen LogP) is 4.53. The summed E-state index contributed by atoms with van der Waals surface area (Å²) in [6.07, 6.45) is 3.13. The number of carbonyl (C=O) groups is 1. The van der Waals surface area contributed by atoms with Crippen molar-refractivity contribution >= 4 is 28.9 Å². The van der Waals surface area contributed by atoms with E-state index in [4.69, 9.17) is 4.74 Å². The van der Waals surface area contributed by atoms with Gasteiger partial charge in [0.15, 0.2) is 5.78 Å². The molecule has 7 heteroatoms. The van der Waals surface area contributed by atoms with E-state index < -0.39 is 4.92 Å². The molecule has 26 heavy (non-hydrogen) atoms. The van der Waals surface area contributed by atoms with Gasteiger partial charge in [0, 0.05) is 23.1 Å². The Morgan fingerprint density at radius 3 is 2.50 bits per heavy atom. The fourth-order valence-corrected chi connectivity index (χ4v) is 2.70. The number of hydrogen-bond acceptors (Lipinski definition) is 6. The van der Waals surface area contributed by atoms with Crippen LogP contribution in [0.4, 0.5) is 5.69 Å². The van der Waals surface area contributed by atoms with Gasteiger partial charge in [-0.15, -0.1) is 11.3 Å². The third-order valence-electron chi connectivity index (χ3n) is 3.54. The number of thiazole rings is 1. The number of ether oxygens (including phenoxy) is 1. The van der Waals surface area contributed by atoms with Gasteiger partial charge in [0.25, 0.3) is 5.69 Å². The van der Waals surface area contributed by atoms with Crippen molar-refractivity contribution < 1.29 is 14.5 Å². The Morgan fingerprint density at radius 1 is 1.15 bits per heavy atom. The highest BCUT2D eigenvalue weighted by atomic mass is 32.1. The van der Waals surface area contributed by atoms with Crippen LogP contribution in [0, 0.1) is 10.1 Å². The van der Waals surface area contributed by atoms with Crippen molar-refractivity contribution in [2.75, 3.05) is 0 Å². The van der Waals surface area contributed by atoms with Gasteiger partial charge in [-0.2, -0.15) is 0 Å². The van der Waals surface area contributed by atoms with E-state index in [0.717, 1.165) is 17.0 Å². The molecule has 0 saturated heterocycles. The van der Waals surface area contributed by atoms with Crippen molar-refractivity contribution in [1.82, 2.24) is 4.98 Å². The summed E-state index contributed by atoms with van der Waals surface area (Å²) >= 11 is 1.52. The number of nitro groups is 1. The molecule has 0 amide bonds. The van der Waals surface area contributed by atoms with Crippen molar-refractivity contribution in [3.63, 3.8) is 0 Å². The predicted molar refractivity (Wildman–Crippen MR) is 99.3 cm³/mol. The molecule has 6 nitrogen and oxygen atoms in total. The highest BCUT2D eigenvalue weighted by molar-refractivity contribution is 7.07. The molecule has 0 fully saturated rings. The molecule has 0 aliphatic carbocycles. The minimum absolute atomic E-state index is 0.0428. The number of ketones is 1. The lowest BCUT2D eigenvalue weighted by Gasteiger charge is -2.04. The second-order valence-electron chi connectivity index (χ2n) is 5.34. The topological polar surface area (TPSA) is 82.3 Å². The number of benzene rings is 2. The Kier molecular flexibility index (Phi) is 5.50. The fourth-order valence-electron chi connectivity index (χ4n) is 2.16. The number of non-ortho nitro benzene ring substituents is 1. The first-order valence-electron chi connectivity index (χ1n) is 7.68. The van der Waals surface area contributed by atoms with Crippen molar-refractivity contribution in [3.05, 3.63) is 92.4 Å². The van der Waals surface area contributed by atoms with Crippen LogP contribution >= 0.6 is 11.3 Å². The van der Waals surface area contributed by atoms with Gasteiger partial charge in [-0.25, -0.2) is 4.98 Å². The van der Waals surface area contributed by atoms with Gasteiger partial charge in [0.2, 0.25) is 0 Å². The summed E-state index contributed by atoms with van der Waals surface area (Å²) in [7, 11) is 0. The van der Waals surface area contributed by atoms with Crippen LogP contribution in [0.3, 0.4) is 0 Å². The maximum Gasteiger partial charge on any atom is 0.269 e. The number of aromatic nitrogens is 1. The average molecular weight is 366 g/mol. The minimum Gasteiger partial charge on any atom is -0.487 e. The zero-order valence-electron chi connectivity index (χ0n) is 13.6. The summed E-state index contributed by atoms with van der Waals surface area (Å²) < 4.78 is 5.63. The highest BCUT2D eigenvalue weighted by Crippen LogP contribution is 2.16. The monoisotopic (exact) mass is 366 g/mol. The second-order valence-corrected chi connectivity index (χ2v) is 6.06. The smallest absolute Gasteiger partial charge is 0.269 e. The normalized spacial score (nSPS) is 10.8. The van der Waals surface area contributed by atoms with E-state index in [1.165, 1.54) is 41.7 Å². The van der Waals surface area contributed by atoms with Crippen molar-refractivity contribution in [2.45, 2.75) is 6.61 Å². The summed E-state index contributed by atoms with van der Waals surface area (Å²) in [5, 5.41) is 12.6. The second kappa shape index (κ2) is 8.17. The quantitative estimate of drug-likeness (QED) is 0.266. The van der Waals surface area contributed by atoms with E-state index in [2.05, 4.69) is 4.98 Å². The van der Waals surface area contributed by atoms with Crippen LogP contribution < -0.4 is 4.74 Å². The fraction of sp³-hybridized carbons (Fsp3) is 0.0526. The molecular formula is C19H14N2O4S. The van der Waals surface area contributed by atoms with Gasteiger partial charge in [-0.1, -0.05) is 18.2 Å². The number of nitro benzene ring substituents is 1. The molecule has 0 N–H and O–H groups in total.